The monoisotopic (exact) mass is 368 g/mol. The van der Waals surface area contributed by atoms with Gasteiger partial charge in [-0.25, -0.2) is 19.9 Å². The standard InChI is InChI=1S/C20H28N6O/c1-15-23-18(12-19(24-15)25-20-21-7-3-8-22-20)17-4-2-9-26(14-17)13-16-5-10-27-11-6-16/h3,7-8,12,16-17H,2,4-6,9-11,13-14H2,1H3,(H,21,22,23,24,25)/t17-/m1/s1. The number of likely N-dealkylation sites (tertiary alicyclic amines) is 1. The zero-order valence-corrected chi connectivity index (χ0v) is 16.0. The third-order valence-electron chi connectivity index (χ3n) is 5.44. The van der Waals surface area contributed by atoms with Gasteiger partial charge in [-0.2, -0.15) is 0 Å². The Morgan fingerprint density at radius 1 is 1.15 bits per heavy atom. The van der Waals surface area contributed by atoms with Crippen LogP contribution in [0.25, 0.3) is 0 Å². The molecule has 2 aromatic rings. The highest BCUT2D eigenvalue weighted by molar-refractivity contribution is 5.48. The first-order valence-corrected chi connectivity index (χ1v) is 9.96. The third kappa shape index (κ3) is 4.99. The Morgan fingerprint density at radius 2 is 1.96 bits per heavy atom. The Morgan fingerprint density at radius 3 is 2.78 bits per heavy atom. The largest absolute Gasteiger partial charge is 0.381 e. The fraction of sp³-hybridized carbons (Fsp3) is 0.600. The zero-order chi connectivity index (χ0) is 18.5. The molecule has 0 radical (unpaired) electrons. The normalized spacial score (nSPS) is 21.9. The Kier molecular flexibility index (Phi) is 5.89. The summed E-state index contributed by atoms with van der Waals surface area (Å²) < 4.78 is 5.50. The smallest absolute Gasteiger partial charge is 0.228 e. The summed E-state index contributed by atoms with van der Waals surface area (Å²) in [5.74, 6) is 3.35. The number of hydrogen-bond donors (Lipinski definition) is 1. The SMILES string of the molecule is Cc1nc(Nc2ncccn2)cc([C@@H]2CCCN(CC3CCOCC3)C2)n1. The van der Waals surface area contributed by atoms with Crippen molar-refractivity contribution in [1.82, 2.24) is 24.8 Å². The molecule has 0 aromatic carbocycles. The van der Waals surface area contributed by atoms with Crippen LogP contribution < -0.4 is 5.32 Å². The van der Waals surface area contributed by atoms with E-state index in [0.717, 1.165) is 43.0 Å². The molecule has 27 heavy (non-hydrogen) atoms. The van der Waals surface area contributed by atoms with Gasteiger partial charge in [-0.3, -0.25) is 0 Å². The van der Waals surface area contributed by atoms with E-state index in [1.165, 1.54) is 38.8 Å². The quantitative estimate of drug-likeness (QED) is 0.869. The summed E-state index contributed by atoms with van der Waals surface area (Å²) in [6.45, 7) is 7.25. The summed E-state index contributed by atoms with van der Waals surface area (Å²) in [5, 5.41) is 3.20. The van der Waals surface area contributed by atoms with Crippen molar-refractivity contribution >= 4 is 11.8 Å². The highest BCUT2D eigenvalue weighted by Gasteiger charge is 2.26. The van der Waals surface area contributed by atoms with Crippen molar-refractivity contribution in [2.75, 3.05) is 38.2 Å². The van der Waals surface area contributed by atoms with Gasteiger partial charge in [0.1, 0.15) is 11.6 Å². The minimum absolute atomic E-state index is 0.456. The van der Waals surface area contributed by atoms with E-state index in [-0.39, 0.29) is 0 Å². The molecule has 2 saturated heterocycles. The van der Waals surface area contributed by atoms with Crippen LogP contribution in [0, 0.1) is 12.8 Å². The molecule has 7 heteroatoms. The maximum atomic E-state index is 5.50. The van der Waals surface area contributed by atoms with E-state index in [9.17, 15) is 0 Å². The van der Waals surface area contributed by atoms with Crippen molar-refractivity contribution in [3.63, 3.8) is 0 Å². The van der Waals surface area contributed by atoms with Crippen LogP contribution in [0.5, 0.6) is 0 Å². The van der Waals surface area contributed by atoms with E-state index in [2.05, 4.69) is 31.2 Å². The highest BCUT2D eigenvalue weighted by atomic mass is 16.5. The van der Waals surface area contributed by atoms with Crippen molar-refractivity contribution < 1.29 is 4.74 Å². The summed E-state index contributed by atoms with van der Waals surface area (Å²) in [6, 6.07) is 3.86. The molecule has 7 nitrogen and oxygen atoms in total. The van der Waals surface area contributed by atoms with E-state index < -0.39 is 0 Å². The average molecular weight is 368 g/mol. The van der Waals surface area contributed by atoms with Crippen molar-refractivity contribution in [3.05, 3.63) is 36.0 Å². The van der Waals surface area contributed by atoms with Crippen molar-refractivity contribution in [1.29, 1.82) is 0 Å². The molecule has 4 rings (SSSR count). The molecule has 1 N–H and O–H groups in total. The predicted molar refractivity (Wildman–Crippen MR) is 104 cm³/mol. The second-order valence-corrected chi connectivity index (χ2v) is 7.58. The Bertz CT molecular complexity index is 735. The highest BCUT2D eigenvalue weighted by Crippen LogP contribution is 2.29. The van der Waals surface area contributed by atoms with Gasteiger partial charge < -0.3 is 15.0 Å². The summed E-state index contributed by atoms with van der Waals surface area (Å²) in [6.07, 6.45) is 8.24. The lowest BCUT2D eigenvalue weighted by Crippen LogP contribution is -2.39. The van der Waals surface area contributed by atoms with Crippen LogP contribution in [0.2, 0.25) is 0 Å². The molecule has 0 saturated carbocycles. The summed E-state index contributed by atoms with van der Waals surface area (Å²) in [5.41, 5.74) is 1.12. The molecule has 2 fully saturated rings. The second kappa shape index (κ2) is 8.71. The Labute approximate surface area is 160 Å². The molecular formula is C20H28N6O. The Hall–Kier alpha value is -2.12. The van der Waals surface area contributed by atoms with Gasteiger partial charge in [-0.15, -0.1) is 0 Å². The minimum atomic E-state index is 0.456. The van der Waals surface area contributed by atoms with Gasteiger partial charge in [0.2, 0.25) is 5.95 Å². The first-order valence-electron chi connectivity index (χ1n) is 9.96. The summed E-state index contributed by atoms with van der Waals surface area (Å²) >= 11 is 0. The van der Waals surface area contributed by atoms with E-state index in [4.69, 9.17) is 9.72 Å². The van der Waals surface area contributed by atoms with Crippen LogP contribution in [0.4, 0.5) is 11.8 Å². The lowest BCUT2D eigenvalue weighted by atomic mass is 9.92. The number of nitrogens with zero attached hydrogens (tertiary/aromatic N) is 5. The topological polar surface area (TPSA) is 76.1 Å². The van der Waals surface area contributed by atoms with Gasteiger partial charge in [0.25, 0.3) is 0 Å². The number of aryl methyl sites for hydroxylation is 1. The number of nitrogens with one attached hydrogen (secondary N) is 1. The van der Waals surface area contributed by atoms with Crippen molar-refractivity contribution in [3.8, 4) is 0 Å². The molecule has 0 spiro atoms. The maximum Gasteiger partial charge on any atom is 0.228 e. The molecule has 0 amide bonds. The maximum absolute atomic E-state index is 5.50. The molecule has 2 aliphatic rings. The van der Waals surface area contributed by atoms with E-state index in [1.807, 2.05) is 6.92 Å². The van der Waals surface area contributed by atoms with E-state index >= 15 is 0 Å². The number of ether oxygens (including phenoxy) is 1. The fourth-order valence-corrected chi connectivity index (χ4v) is 4.10. The van der Waals surface area contributed by atoms with E-state index in [0.29, 0.717) is 11.9 Å². The lowest BCUT2D eigenvalue weighted by molar-refractivity contribution is 0.0481. The van der Waals surface area contributed by atoms with Gasteiger partial charge in [-0.1, -0.05) is 0 Å². The lowest BCUT2D eigenvalue weighted by Gasteiger charge is -2.36. The van der Waals surface area contributed by atoms with Gasteiger partial charge in [0.05, 0.1) is 5.69 Å². The third-order valence-corrected chi connectivity index (χ3v) is 5.44. The minimum Gasteiger partial charge on any atom is -0.381 e. The van der Waals surface area contributed by atoms with Gasteiger partial charge in [-0.05, 0) is 51.1 Å². The van der Waals surface area contributed by atoms with Gasteiger partial charge in [0, 0.05) is 50.7 Å². The molecule has 144 valence electrons. The number of piperidine rings is 1. The van der Waals surface area contributed by atoms with Crippen molar-refractivity contribution in [2.45, 2.75) is 38.5 Å². The van der Waals surface area contributed by atoms with Crippen LogP contribution in [0.3, 0.4) is 0 Å². The number of rotatable bonds is 5. The van der Waals surface area contributed by atoms with Gasteiger partial charge in [0.15, 0.2) is 0 Å². The van der Waals surface area contributed by atoms with Crippen LogP contribution in [0.1, 0.15) is 43.1 Å². The molecule has 0 aliphatic carbocycles. The summed E-state index contributed by atoms with van der Waals surface area (Å²) in [4.78, 5) is 20.3. The van der Waals surface area contributed by atoms with Crippen LogP contribution in [-0.4, -0.2) is 57.7 Å². The molecule has 2 aromatic heterocycles. The fourth-order valence-electron chi connectivity index (χ4n) is 4.10. The molecular weight excluding hydrogens is 340 g/mol. The summed E-state index contributed by atoms with van der Waals surface area (Å²) in [7, 11) is 0. The number of aromatic nitrogens is 4. The molecule has 2 aliphatic heterocycles. The number of anilines is 2. The Balaban J connectivity index is 1.43. The molecule has 1 atom stereocenters. The van der Waals surface area contributed by atoms with Crippen LogP contribution in [0.15, 0.2) is 24.5 Å². The molecule has 0 unspecified atom stereocenters. The second-order valence-electron chi connectivity index (χ2n) is 7.58. The van der Waals surface area contributed by atoms with Gasteiger partial charge >= 0.3 is 0 Å². The van der Waals surface area contributed by atoms with Crippen molar-refractivity contribution in [2.24, 2.45) is 5.92 Å². The first kappa shape index (κ1) is 18.3. The van der Waals surface area contributed by atoms with E-state index in [1.54, 1.807) is 18.5 Å². The van der Waals surface area contributed by atoms with Crippen LogP contribution >= 0.6 is 0 Å². The predicted octanol–water partition coefficient (Wildman–Crippen LogP) is 2.92. The average Bonchev–Trinajstić information content (AvgIpc) is 2.69. The first-order chi connectivity index (χ1) is 13.3. The number of hydrogen-bond acceptors (Lipinski definition) is 7. The molecule has 0 bridgehead atoms. The van der Waals surface area contributed by atoms with Crippen LogP contribution in [-0.2, 0) is 4.74 Å². The molecule has 4 heterocycles. The zero-order valence-electron chi connectivity index (χ0n) is 16.0.